The van der Waals surface area contributed by atoms with Gasteiger partial charge >= 0.3 is 5.97 Å². The number of hydrogen-bond acceptors (Lipinski definition) is 3. The maximum Gasteiger partial charge on any atom is 0.341 e. The smallest absolute Gasteiger partial charge is 0.341 e. The third-order valence-corrected chi connectivity index (χ3v) is 5.18. The summed E-state index contributed by atoms with van der Waals surface area (Å²) in [6.45, 7) is 1.44. The van der Waals surface area contributed by atoms with Gasteiger partial charge in [-0.2, -0.15) is 8.78 Å². The lowest BCUT2D eigenvalue weighted by molar-refractivity contribution is -0.130. The fourth-order valence-corrected chi connectivity index (χ4v) is 3.62. The first-order chi connectivity index (χ1) is 11.6. The van der Waals surface area contributed by atoms with Crippen molar-refractivity contribution in [3.8, 4) is 0 Å². The van der Waals surface area contributed by atoms with Gasteiger partial charge in [-0.3, -0.25) is 0 Å². The Morgan fingerprint density at radius 3 is 2.16 bits per heavy atom. The van der Waals surface area contributed by atoms with E-state index in [1.165, 1.54) is 25.1 Å². The molecule has 0 fully saturated rings. The molecule has 0 amide bonds. The van der Waals surface area contributed by atoms with Crippen LogP contribution in [0.15, 0.2) is 53.4 Å². The van der Waals surface area contributed by atoms with E-state index in [2.05, 4.69) is 0 Å². The van der Waals surface area contributed by atoms with Crippen molar-refractivity contribution in [1.29, 1.82) is 0 Å². The van der Waals surface area contributed by atoms with Crippen LogP contribution in [0, 0.1) is 12.7 Å². The second-order valence-corrected chi connectivity index (χ2v) is 7.30. The Morgan fingerprint density at radius 1 is 1.08 bits per heavy atom. The molecule has 0 aliphatic carbocycles. The van der Waals surface area contributed by atoms with E-state index < -0.39 is 39.0 Å². The molecule has 2 aromatic rings. The Labute approximate surface area is 142 Å². The van der Waals surface area contributed by atoms with E-state index in [-0.39, 0.29) is 21.6 Å². The quantitative estimate of drug-likeness (QED) is 0.642. The van der Waals surface area contributed by atoms with Crippen molar-refractivity contribution in [3.05, 3.63) is 71.1 Å². The summed E-state index contributed by atoms with van der Waals surface area (Å²) in [5.41, 5.74) is -0.893. The third-order valence-electron chi connectivity index (χ3n) is 3.49. The Morgan fingerprint density at radius 2 is 1.68 bits per heavy atom. The Kier molecular flexibility index (Phi) is 5.32. The van der Waals surface area contributed by atoms with Crippen molar-refractivity contribution in [2.24, 2.45) is 0 Å². The molecule has 0 aromatic heterocycles. The van der Waals surface area contributed by atoms with E-state index in [1.54, 1.807) is 0 Å². The van der Waals surface area contributed by atoms with Gasteiger partial charge in [-0.05, 0) is 41.8 Å². The lowest BCUT2D eigenvalue weighted by Gasteiger charge is -2.07. The molecule has 0 spiro atoms. The van der Waals surface area contributed by atoms with E-state index in [9.17, 15) is 26.4 Å². The van der Waals surface area contributed by atoms with Gasteiger partial charge in [0.1, 0.15) is 11.4 Å². The Balaban J connectivity index is 2.30. The lowest BCUT2D eigenvalue weighted by Crippen LogP contribution is -2.06. The molecule has 0 unspecified atom stereocenters. The number of aliphatic carboxylic acids is 1. The summed E-state index contributed by atoms with van der Waals surface area (Å²) in [4.78, 5) is 10.8. The molecule has 25 heavy (non-hydrogen) atoms. The highest BCUT2D eigenvalue weighted by molar-refractivity contribution is 7.90. The van der Waals surface area contributed by atoms with Gasteiger partial charge in [-0.15, -0.1) is 0 Å². The summed E-state index contributed by atoms with van der Waals surface area (Å²) in [5, 5.41) is 8.79. The van der Waals surface area contributed by atoms with Gasteiger partial charge in [-0.1, -0.05) is 24.3 Å². The topological polar surface area (TPSA) is 71.4 Å². The normalized spacial score (nSPS) is 11.2. The highest BCUT2D eigenvalue weighted by atomic mass is 32.2. The molecule has 4 nitrogen and oxygen atoms in total. The summed E-state index contributed by atoms with van der Waals surface area (Å²) >= 11 is 0. The van der Waals surface area contributed by atoms with Crippen molar-refractivity contribution in [1.82, 2.24) is 0 Å². The van der Waals surface area contributed by atoms with Crippen LogP contribution in [0.3, 0.4) is 0 Å². The lowest BCUT2D eigenvalue weighted by atomic mass is 10.1. The zero-order valence-electron chi connectivity index (χ0n) is 13.0. The molecule has 0 aliphatic rings. The SMILES string of the molecule is Cc1cc(S(=O)(=O)Cc2ccc(C(C(=O)O)=C(F)F)cc2)ccc1F. The van der Waals surface area contributed by atoms with Crippen LogP contribution in [-0.4, -0.2) is 19.5 Å². The van der Waals surface area contributed by atoms with Crippen LogP contribution in [0.1, 0.15) is 16.7 Å². The number of carbonyl (C=O) groups is 1. The molecule has 2 aromatic carbocycles. The van der Waals surface area contributed by atoms with Crippen molar-refractivity contribution >= 4 is 21.4 Å². The summed E-state index contributed by atoms with van der Waals surface area (Å²) in [5.74, 6) is -2.73. The molecule has 0 bridgehead atoms. The summed E-state index contributed by atoms with van der Waals surface area (Å²) in [7, 11) is -3.76. The first-order valence-electron chi connectivity index (χ1n) is 6.98. The maximum absolute atomic E-state index is 13.3. The fourth-order valence-electron chi connectivity index (χ4n) is 2.19. The largest absolute Gasteiger partial charge is 0.477 e. The summed E-state index contributed by atoms with van der Waals surface area (Å²) in [6, 6.07) is 8.16. The minimum Gasteiger partial charge on any atom is -0.477 e. The third kappa shape index (κ3) is 4.27. The molecule has 0 atom stereocenters. The van der Waals surface area contributed by atoms with Crippen LogP contribution in [0.2, 0.25) is 0 Å². The van der Waals surface area contributed by atoms with Crippen LogP contribution in [-0.2, 0) is 20.4 Å². The highest BCUT2D eigenvalue weighted by Crippen LogP contribution is 2.24. The standard InChI is InChI=1S/C17H13F3O4S/c1-10-8-13(6-7-14(10)18)25(23,24)9-11-2-4-12(5-3-11)15(16(19)20)17(21)22/h2-8H,9H2,1H3,(H,21,22). The van der Waals surface area contributed by atoms with E-state index in [4.69, 9.17) is 5.11 Å². The van der Waals surface area contributed by atoms with Crippen molar-refractivity contribution in [2.45, 2.75) is 17.6 Å². The predicted molar refractivity (Wildman–Crippen MR) is 85.2 cm³/mol. The van der Waals surface area contributed by atoms with Crippen molar-refractivity contribution in [3.63, 3.8) is 0 Å². The number of aryl methyl sites for hydroxylation is 1. The van der Waals surface area contributed by atoms with E-state index in [1.807, 2.05) is 0 Å². The van der Waals surface area contributed by atoms with Gasteiger partial charge in [-0.25, -0.2) is 17.6 Å². The number of rotatable bonds is 5. The summed E-state index contributed by atoms with van der Waals surface area (Å²) in [6.07, 6.45) is -2.34. The van der Waals surface area contributed by atoms with E-state index in [0.717, 1.165) is 24.3 Å². The van der Waals surface area contributed by atoms with Crippen molar-refractivity contribution < 1.29 is 31.5 Å². The number of hydrogen-bond donors (Lipinski definition) is 1. The van der Waals surface area contributed by atoms with Gasteiger partial charge in [0.15, 0.2) is 9.84 Å². The van der Waals surface area contributed by atoms with Crippen LogP contribution in [0.5, 0.6) is 0 Å². The Bertz CT molecular complexity index is 944. The molecular weight excluding hydrogens is 357 g/mol. The van der Waals surface area contributed by atoms with Gasteiger partial charge in [0, 0.05) is 0 Å². The molecule has 0 saturated carbocycles. The molecule has 1 N–H and O–H groups in total. The van der Waals surface area contributed by atoms with Gasteiger partial charge < -0.3 is 5.11 Å². The van der Waals surface area contributed by atoms with Crippen molar-refractivity contribution in [2.75, 3.05) is 0 Å². The van der Waals surface area contributed by atoms with Gasteiger partial charge in [0.25, 0.3) is 6.08 Å². The molecule has 0 heterocycles. The zero-order chi connectivity index (χ0) is 18.8. The molecule has 132 valence electrons. The second-order valence-electron chi connectivity index (χ2n) is 5.31. The van der Waals surface area contributed by atoms with Gasteiger partial charge in [0.2, 0.25) is 0 Å². The molecule has 0 saturated heterocycles. The maximum atomic E-state index is 13.3. The van der Waals surface area contributed by atoms with Crippen LogP contribution >= 0.6 is 0 Å². The number of sulfone groups is 1. The predicted octanol–water partition coefficient (Wildman–Crippen LogP) is 3.80. The number of benzene rings is 2. The minimum atomic E-state index is -3.76. The average Bonchev–Trinajstić information content (AvgIpc) is 2.50. The monoisotopic (exact) mass is 370 g/mol. The number of halogens is 3. The van der Waals surface area contributed by atoms with E-state index >= 15 is 0 Å². The van der Waals surface area contributed by atoms with E-state index in [0.29, 0.717) is 0 Å². The first-order valence-corrected chi connectivity index (χ1v) is 8.64. The average molecular weight is 370 g/mol. The minimum absolute atomic E-state index is 0.0589. The molecule has 0 radical (unpaired) electrons. The molecule has 0 aliphatic heterocycles. The number of carboxylic acids is 1. The Hall–Kier alpha value is -2.61. The van der Waals surface area contributed by atoms with Crippen LogP contribution in [0.25, 0.3) is 5.57 Å². The fraction of sp³-hybridized carbons (Fsp3) is 0.118. The summed E-state index contributed by atoms with van der Waals surface area (Å²) < 4.78 is 63.3. The highest BCUT2D eigenvalue weighted by Gasteiger charge is 2.19. The second kappa shape index (κ2) is 7.10. The van der Waals surface area contributed by atoms with Crippen LogP contribution < -0.4 is 0 Å². The van der Waals surface area contributed by atoms with Gasteiger partial charge in [0.05, 0.1) is 10.6 Å². The molecular formula is C17H13F3O4S. The molecule has 2 rings (SSSR count). The first kappa shape index (κ1) is 18.7. The van der Waals surface area contributed by atoms with Crippen LogP contribution in [0.4, 0.5) is 13.2 Å². The number of carboxylic acid groups (broad SMARTS) is 1. The molecule has 8 heteroatoms. The zero-order valence-corrected chi connectivity index (χ0v) is 13.8.